The molecule has 2 aliphatic heterocycles. The highest BCUT2D eigenvalue weighted by molar-refractivity contribution is 6.22. The Morgan fingerprint density at radius 3 is 2.50 bits per heavy atom. The maximum atomic E-state index is 13.4. The van der Waals surface area contributed by atoms with Gasteiger partial charge in [-0.25, -0.2) is 0 Å². The Labute approximate surface area is 173 Å². The summed E-state index contributed by atoms with van der Waals surface area (Å²) in [7, 11) is 0. The number of hydrogen-bond acceptors (Lipinski definition) is 6. The van der Waals surface area contributed by atoms with Crippen molar-refractivity contribution in [2.45, 2.75) is 24.7 Å². The molecular weight excluding hydrogens is 386 g/mol. The molecule has 6 atom stereocenters. The molecule has 7 heteroatoms. The quantitative estimate of drug-likeness (QED) is 0.669. The van der Waals surface area contributed by atoms with E-state index in [1.807, 2.05) is 6.07 Å². The summed E-state index contributed by atoms with van der Waals surface area (Å²) in [6.07, 6.45) is -0.0535. The van der Waals surface area contributed by atoms with Crippen LogP contribution in [-0.2, 0) is 14.3 Å². The minimum atomic E-state index is -1.71. The Bertz CT molecular complexity index is 994. The lowest BCUT2D eigenvalue weighted by Gasteiger charge is -2.44. The number of phenols is 1. The van der Waals surface area contributed by atoms with Gasteiger partial charge in [-0.1, -0.05) is 30.3 Å². The van der Waals surface area contributed by atoms with Crippen LogP contribution in [0, 0.1) is 23.7 Å². The Morgan fingerprint density at radius 2 is 1.80 bits per heavy atom. The van der Waals surface area contributed by atoms with Crippen molar-refractivity contribution in [1.82, 2.24) is 0 Å². The highest BCUT2D eigenvalue weighted by Crippen LogP contribution is 2.58. The normalized spacial score (nSPS) is 35.4. The average Bonchev–Trinajstić information content (AvgIpc) is 3.22. The Hall–Kier alpha value is -2.74. The number of imide groups is 1. The van der Waals surface area contributed by atoms with Crippen LogP contribution in [0.5, 0.6) is 5.75 Å². The van der Waals surface area contributed by atoms with Crippen LogP contribution in [0.2, 0.25) is 0 Å². The van der Waals surface area contributed by atoms with Gasteiger partial charge in [-0.15, -0.1) is 0 Å². The number of ether oxygens (including phenoxy) is 1. The van der Waals surface area contributed by atoms with Gasteiger partial charge in [0, 0.05) is 11.8 Å². The molecule has 30 heavy (non-hydrogen) atoms. The number of nitrogens with zero attached hydrogens (tertiary/aromatic N) is 1. The van der Waals surface area contributed by atoms with Gasteiger partial charge in [0.15, 0.2) is 5.79 Å². The Morgan fingerprint density at radius 1 is 1.03 bits per heavy atom. The number of amides is 2. The van der Waals surface area contributed by atoms with Crippen molar-refractivity contribution in [2.24, 2.45) is 23.7 Å². The molecule has 0 spiro atoms. The van der Waals surface area contributed by atoms with Crippen LogP contribution in [0.15, 0.2) is 54.6 Å². The lowest BCUT2D eigenvalue weighted by molar-refractivity contribution is -0.274. The molecule has 3 fully saturated rings. The van der Waals surface area contributed by atoms with Crippen molar-refractivity contribution in [3.05, 3.63) is 60.2 Å². The maximum absolute atomic E-state index is 13.4. The molecule has 3 N–H and O–H groups in total. The van der Waals surface area contributed by atoms with Crippen LogP contribution < -0.4 is 4.90 Å². The minimum absolute atomic E-state index is 0.0805. The first-order valence-corrected chi connectivity index (χ1v) is 10.2. The molecule has 0 aromatic heterocycles. The third kappa shape index (κ3) is 2.70. The number of carbonyl (C=O) groups excluding carboxylic acids is 2. The highest BCUT2D eigenvalue weighted by atomic mass is 16.6. The largest absolute Gasteiger partial charge is 0.508 e. The number of hydrogen-bond donors (Lipinski definition) is 3. The molecule has 156 valence electrons. The molecule has 7 nitrogen and oxygen atoms in total. The van der Waals surface area contributed by atoms with Gasteiger partial charge in [0.2, 0.25) is 11.8 Å². The molecule has 2 aromatic rings. The number of anilines is 1. The van der Waals surface area contributed by atoms with Gasteiger partial charge in [0.05, 0.1) is 30.2 Å². The molecule has 3 aliphatic rings. The van der Waals surface area contributed by atoms with Crippen molar-refractivity contribution >= 4 is 17.5 Å². The van der Waals surface area contributed by atoms with E-state index in [-0.39, 0.29) is 30.6 Å². The van der Waals surface area contributed by atoms with Crippen molar-refractivity contribution < 1.29 is 29.6 Å². The van der Waals surface area contributed by atoms with E-state index in [4.69, 9.17) is 4.74 Å². The summed E-state index contributed by atoms with van der Waals surface area (Å²) in [5.41, 5.74) is 1.19. The van der Waals surface area contributed by atoms with Crippen LogP contribution in [0.3, 0.4) is 0 Å². The van der Waals surface area contributed by atoms with E-state index < -0.39 is 35.6 Å². The summed E-state index contributed by atoms with van der Waals surface area (Å²) >= 11 is 0. The van der Waals surface area contributed by atoms with Crippen molar-refractivity contribution in [1.29, 1.82) is 0 Å². The average molecular weight is 409 g/mol. The molecule has 1 saturated carbocycles. The van der Waals surface area contributed by atoms with Gasteiger partial charge in [-0.05, 0) is 42.7 Å². The summed E-state index contributed by atoms with van der Waals surface area (Å²) in [5.74, 6) is -4.90. The second-order valence-corrected chi connectivity index (χ2v) is 8.39. The van der Waals surface area contributed by atoms with Crippen molar-refractivity contribution in [3.8, 4) is 5.75 Å². The predicted octanol–water partition coefficient (Wildman–Crippen LogP) is 1.98. The van der Waals surface area contributed by atoms with Gasteiger partial charge in [0.25, 0.3) is 0 Å². The topological polar surface area (TPSA) is 107 Å². The van der Waals surface area contributed by atoms with E-state index in [9.17, 15) is 24.9 Å². The maximum Gasteiger partial charge on any atom is 0.238 e. The lowest BCUT2D eigenvalue weighted by atomic mass is 9.64. The van der Waals surface area contributed by atoms with E-state index in [2.05, 4.69) is 0 Å². The summed E-state index contributed by atoms with van der Waals surface area (Å²) in [4.78, 5) is 27.7. The van der Waals surface area contributed by atoms with E-state index in [1.54, 1.807) is 48.5 Å². The molecule has 1 aliphatic carbocycles. The standard InChI is InChI=1S/C23H23NO6/c25-12-14-10-17-20(22(28)24(21(17)27)15-6-2-1-3-7-15)18-11-19(30-23(14,18)29)13-5-4-8-16(26)9-13/h1-9,14,17-20,25-26,29H,10-12H2/t14-,17+,18+,19+,20+,23-/m1/s1. The molecule has 0 unspecified atom stereocenters. The number of aliphatic hydroxyl groups excluding tert-OH is 1. The van der Waals surface area contributed by atoms with E-state index >= 15 is 0 Å². The molecular formula is C23H23NO6. The monoisotopic (exact) mass is 409 g/mol. The number of carbonyl (C=O) groups is 2. The first-order chi connectivity index (χ1) is 14.4. The minimum Gasteiger partial charge on any atom is -0.508 e. The van der Waals surface area contributed by atoms with Gasteiger partial charge < -0.3 is 20.1 Å². The third-order valence-corrected chi connectivity index (χ3v) is 6.84. The smallest absolute Gasteiger partial charge is 0.238 e. The molecule has 2 heterocycles. The predicted molar refractivity (Wildman–Crippen MR) is 106 cm³/mol. The number of aromatic hydroxyl groups is 1. The zero-order chi connectivity index (χ0) is 21.0. The first kappa shape index (κ1) is 19.2. The molecule has 0 bridgehead atoms. The number of para-hydroxylation sites is 1. The summed E-state index contributed by atoms with van der Waals surface area (Å²) in [5, 5.41) is 31.2. The van der Waals surface area contributed by atoms with Crippen LogP contribution in [-0.4, -0.2) is 39.5 Å². The van der Waals surface area contributed by atoms with Crippen LogP contribution in [0.1, 0.15) is 24.5 Å². The molecule has 0 radical (unpaired) electrons. The highest BCUT2D eigenvalue weighted by Gasteiger charge is 2.66. The zero-order valence-corrected chi connectivity index (χ0v) is 16.2. The number of fused-ring (bicyclic) bond motifs is 3. The summed E-state index contributed by atoms with van der Waals surface area (Å²) in [6.45, 7) is -0.351. The van der Waals surface area contributed by atoms with Gasteiger partial charge in [-0.2, -0.15) is 0 Å². The van der Waals surface area contributed by atoms with Crippen LogP contribution in [0.4, 0.5) is 5.69 Å². The van der Waals surface area contributed by atoms with E-state index in [1.165, 1.54) is 4.90 Å². The lowest BCUT2D eigenvalue weighted by Crippen LogP contribution is -2.54. The first-order valence-electron chi connectivity index (χ1n) is 10.2. The fourth-order valence-electron chi connectivity index (χ4n) is 5.46. The van der Waals surface area contributed by atoms with Crippen LogP contribution >= 0.6 is 0 Å². The van der Waals surface area contributed by atoms with Crippen LogP contribution in [0.25, 0.3) is 0 Å². The summed E-state index contributed by atoms with van der Waals surface area (Å²) in [6, 6.07) is 15.4. The Kier molecular flexibility index (Phi) is 4.43. The second kappa shape index (κ2) is 6.91. The molecule has 2 saturated heterocycles. The van der Waals surface area contributed by atoms with Gasteiger partial charge in [-0.3, -0.25) is 14.5 Å². The third-order valence-electron chi connectivity index (χ3n) is 6.84. The van der Waals surface area contributed by atoms with E-state index in [0.717, 1.165) is 0 Å². The number of rotatable bonds is 3. The Balaban J connectivity index is 1.53. The fourth-order valence-corrected chi connectivity index (χ4v) is 5.46. The zero-order valence-electron chi connectivity index (χ0n) is 16.2. The number of benzene rings is 2. The van der Waals surface area contributed by atoms with Crippen molar-refractivity contribution in [2.75, 3.05) is 11.5 Å². The number of phenolic OH excluding ortho intramolecular Hbond substituents is 1. The fraction of sp³-hybridized carbons (Fsp3) is 0.391. The second-order valence-electron chi connectivity index (χ2n) is 8.39. The van der Waals surface area contributed by atoms with Gasteiger partial charge in [0.1, 0.15) is 5.75 Å². The molecule has 5 rings (SSSR count). The van der Waals surface area contributed by atoms with Crippen molar-refractivity contribution in [3.63, 3.8) is 0 Å². The SMILES string of the molecule is O=C1[C@H]2[C@H](C[C@H](CO)[C@@]3(O)O[C@H](c4cccc(O)c4)C[C@@H]23)C(=O)N1c1ccccc1. The summed E-state index contributed by atoms with van der Waals surface area (Å²) < 4.78 is 6.03. The molecule has 2 amide bonds. The number of aliphatic hydroxyl groups is 2. The van der Waals surface area contributed by atoms with Gasteiger partial charge >= 0.3 is 0 Å². The van der Waals surface area contributed by atoms with E-state index in [0.29, 0.717) is 17.7 Å². The molecule has 2 aromatic carbocycles.